The van der Waals surface area contributed by atoms with Gasteiger partial charge in [-0.1, -0.05) is 31.2 Å². The predicted octanol–water partition coefficient (Wildman–Crippen LogP) is 2.51. The second-order valence-corrected chi connectivity index (χ2v) is 4.80. The Hall–Kier alpha value is -0.320. The Kier molecular flexibility index (Phi) is 11.2. The average Bonchev–Trinajstić information content (AvgIpc) is 2.45. The van der Waals surface area contributed by atoms with Gasteiger partial charge in [-0.2, -0.15) is 0 Å². The fourth-order valence-electron chi connectivity index (χ4n) is 2.19. The van der Waals surface area contributed by atoms with E-state index >= 15 is 0 Å². The highest BCUT2D eigenvalue weighted by Gasteiger charge is 2.08. The molecule has 0 spiro atoms. The lowest BCUT2D eigenvalue weighted by molar-refractivity contribution is 0.0384. The number of hydrogen-bond donors (Lipinski definition) is 1. The first kappa shape index (κ1) is 19.7. The zero-order valence-corrected chi connectivity index (χ0v) is 13.8. The fourth-order valence-corrected chi connectivity index (χ4v) is 2.19. The molecule has 1 saturated heterocycles. The SMILES string of the molecule is CCc1ccc(CNCCN2CCOCC2)cc1.Cl.Cl. The van der Waals surface area contributed by atoms with Crippen LogP contribution in [0.25, 0.3) is 0 Å². The van der Waals surface area contributed by atoms with Crippen molar-refractivity contribution in [3.63, 3.8) is 0 Å². The monoisotopic (exact) mass is 320 g/mol. The molecule has 1 aromatic carbocycles. The molecule has 0 aliphatic carbocycles. The van der Waals surface area contributed by atoms with Crippen LogP contribution in [0.2, 0.25) is 0 Å². The third-order valence-corrected chi connectivity index (χ3v) is 3.47. The average molecular weight is 321 g/mol. The molecule has 0 saturated carbocycles. The summed E-state index contributed by atoms with van der Waals surface area (Å²) in [6.45, 7) is 9.26. The molecule has 1 aromatic rings. The maximum Gasteiger partial charge on any atom is 0.0594 e. The summed E-state index contributed by atoms with van der Waals surface area (Å²) in [6.07, 6.45) is 1.12. The highest BCUT2D eigenvalue weighted by molar-refractivity contribution is 5.85. The van der Waals surface area contributed by atoms with Crippen LogP contribution in [0, 0.1) is 0 Å². The molecule has 5 heteroatoms. The van der Waals surface area contributed by atoms with Gasteiger partial charge in [0.2, 0.25) is 0 Å². The zero-order chi connectivity index (χ0) is 12.6. The first-order valence-electron chi connectivity index (χ1n) is 6.97. The van der Waals surface area contributed by atoms with Crippen LogP contribution < -0.4 is 5.32 Å². The van der Waals surface area contributed by atoms with Crippen molar-refractivity contribution in [2.24, 2.45) is 0 Å². The highest BCUT2D eigenvalue weighted by atomic mass is 35.5. The molecular weight excluding hydrogens is 295 g/mol. The van der Waals surface area contributed by atoms with E-state index in [2.05, 4.69) is 41.4 Å². The second kappa shape index (κ2) is 11.4. The second-order valence-electron chi connectivity index (χ2n) is 4.80. The number of aryl methyl sites for hydroxylation is 1. The van der Waals surface area contributed by atoms with Crippen molar-refractivity contribution in [1.82, 2.24) is 10.2 Å². The predicted molar refractivity (Wildman–Crippen MR) is 89.3 cm³/mol. The minimum absolute atomic E-state index is 0. The van der Waals surface area contributed by atoms with Gasteiger partial charge in [-0.05, 0) is 17.5 Å². The molecule has 0 atom stereocenters. The molecule has 1 aliphatic heterocycles. The van der Waals surface area contributed by atoms with Gasteiger partial charge in [0, 0.05) is 32.7 Å². The molecule has 3 nitrogen and oxygen atoms in total. The van der Waals surface area contributed by atoms with Crippen molar-refractivity contribution in [3.8, 4) is 0 Å². The smallest absolute Gasteiger partial charge is 0.0594 e. The van der Waals surface area contributed by atoms with Gasteiger partial charge < -0.3 is 10.1 Å². The van der Waals surface area contributed by atoms with E-state index < -0.39 is 0 Å². The number of morpholine rings is 1. The summed E-state index contributed by atoms with van der Waals surface area (Å²) in [7, 11) is 0. The molecule has 20 heavy (non-hydrogen) atoms. The third kappa shape index (κ3) is 6.91. The standard InChI is InChI=1S/C15H24N2O.2ClH/c1-2-14-3-5-15(6-4-14)13-16-7-8-17-9-11-18-12-10-17;;/h3-6,16H,2,7-13H2,1H3;2*1H. The van der Waals surface area contributed by atoms with E-state index in [4.69, 9.17) is 4.74 Å². The van der Waals surface area contributed by atoms with Gasteiger partial charge in [0.15, 0.2) is 0 Å². The Balaban J connectivity index is 0.00000180. The lowest BCUT2D eigenvalue weighted by atomic mass is 10.1. The zero-order valence-electron chi connectivity index (χ0n) is 12.1. The van der Waals surface area contributed by atoms with E-state index in [9.17, 15) is 0 Å². The largest absolute Gasteiger partial charge is 0.379 e. The maximum atomic E-state index is 5.34. The van der Waals surface area contributed by atoms with Crippen LogP contribution in [0.5, 0.6) is 0 Å². The maximum absolute atomic E-state index is 5.34. The lowest BCUT2D eigenvalue weighted by Crippen LogP contribution is -2.40. The van der Waals surface area contributed by atoms with Gasteiger partial charge in [0.05, 0.1) is 13.2 Å². The number of rotatable bonds is 6. The summed E-state index contributed by atoms with van der Waals surface area (Å²) < 4.78 is 5.34. The summed E-state index contributed by atoms with van der Waals surface area (Å²) in [4.78, 5) is 2.46. The first-order valence-corrected chi connectivity index (χ1v) is 6.97. The molecule has 1 heterocycles. The van der Waals surface area contributed by atoms with E-state index in [0.29, 0.717) is 0 Å². The van der Waals surface area contributed by atoms with Crippen LogP contribution in [-0.4, -0.2) is 44.3 Å². The summed E-state index contributed by atoms with van der Waals surface area (Å²) in [5, 5.41) is 3.50. The van der Waals surface area contributed by atoms with Gasteiger partial charge in [-0.15, -0.1) is 24.8 Å². The Morgan fingerprint density at radius 3 is 2.25 bits per heavy atom. The van der Waals surface area contributed by atoms with Crippen LogP contribution in [0.1, 0.15) is 18.1 Å². The summed E-state index contributed by atoms with van der Waals surface area (Å²) in [5.41, 5.74) is 2.78. The van der Waals surface area contributed by atoms with Crippen LogP contribution in [0.15, 0.2) is 24.3 Å². The molecule has 2 rings (SSSR count). The number of ether oxygens (including phenoxy) is 1. The molecule has 1 aliphatic rings. The number of benzene rings is 1. The quantitative estimate of drug-likeness (QED) is 0.815. The van der Waals surface area contributed by atoms with Gasteiger partial charge in [-0.3, -0.25) is 4.90 Å². The van der Waals surface area contributed by atoms with E-state index in [0.717, 1.165) is 52.4 Å². The number of nitrogens with one attached hydrogen (secondary N) is 1. The third-order valence-electron chi connectivity index (χ3n) is 3.47. The van der Waals surface area contributed by atoms with Crippen molar-refractivity contribution < 1.29 is 4.74 Å². The van der Waals surface area contributed by atoms with Crippen LogP contribution in [0.3, 0.4) is 0 Å². The Morgan fingerprint density at radius 2 is 1.65 bits per heavy atom. The van der Waals surface area contributed by atoms with E-state index in [1.165, 1.54) is 11.1 Å². The van der Waals surface area contributed by atoms with Crippen molar-refractivity contribution in [3.05, 3.63) is 35.4 Å². The Morgan fingerprint density at radius 1 is 1.05 bits per heavy atom. The Bertz CT molecular complexity index is 340. The molecule has 0 bridgehead atoms. The lowest BCUT2D eigenvalue weighted by Gasteiger charge is -2.26. The van der Waals surface area contributed by atoms with Crippen molar-refractivity contribution >= 4 is 24.8 Å². The normalized spacial score (nSPS) is 15.2. The number of halogens is 2. The van der Waals surface area contributed by atoms with Gasteiger partial charge in [-0.25, -0.2) is 0 Å². The molecule has 116 valence electrons. The molecule has 1 fully saturated rings. The van der Waals surface area contributed by atoms with E-state index in [1.807, 2.05) is 0 Å². The number of nitrogens with zero attached hydrogens (tertiary/aromatic N) is 1. The van der Waals surface area contributed by atoms with Crippen molar-refractivity contribution in [2.45, 2.75) is 19.9 Å². The molecule has 0 amide bonds. The summed E-state index contributed by atoms with van der Waals surface area (Å²) in [5.74, 6) is 0. The van der Waals surface area contributed by atoms with Crippen LogP contribution in [0.4, 0.5) is 0 Å². The van der Waals surface area contributed by atoms with Gasteiger partial charge in [0.25, 0.3) is 0 Å². The summed E-state index contributed by atoms with van der Waals surface area (Å²) >= 11 is 0. The topological polar surface area (TPSA) is 24.5 Å². The summed E-state index contributed by atoms with van der Waals surface area (Å²) in [6, 6.07) is 8.89. The highest BCUT2D eigenvalue weighted by Crippen LogP contribution is 2.04. The Labute approximate surface area is 134 Å². The number of hydrogen-bond acceptors (Lipinski definition) is 3. The molecule has 0 radical (unpaired) electrons. The first-order chi connectivity index (χ1) is 8.88. The molecular formula is C15H26Cl2N2O. The minimum atomic E-state index is 0. The van der Waals surface area contributed by atoms with Crippen LogP contribution >= 0.6 is 24.8 Å². The molecule has 0 aromatic heterocycles. The molecule has 0 unspecified atom stereocenters. The van der Waals surface area contributed by atoms with Crippen molar-refractivity contribution in [1.29, 1.82) is 0 Å². The fraction of sp³-hybridized carbons (Fsp3) is 0.600. The van der Waals surface area contributed by atoms with Crippen LogP contribution in [-0.2, 0) is 17.7 Å². The molecule has 1 N–H and O–H groups in total. The van der Waals surface area contributed by atoms with E-state index in [-0.39, 0.29) is 24.8 Å². The van der Waals surface area contributed by atoms with Gasteiger partial charge >= 0.3 is 0 Å². The van der Waals surface area contributed by atoms with E-state index in [1.54, 1.807) is 0 Å². The minimum Gasteiger partial charge on any atom is -0.379 e. The van der Waals surface area contributed by atoms with Crippen molar-refractivity contribution in [2.75, 3.05) is 39.4 Å². The van der Waals surface area contributed by atoms with Gasteiger partial charge in [0.1, 0.15) is 0 Å².